The van der Waals surface area contributed by atoms with Crippen LogP contribution in [-0.4, -0.2) is 43.2 Å². The number of methoxy groups -OCH3 is 2. The standard InChI is InChI=1S/C26H34N2O3/c1-17-8-10-19(11-9-17)16-28-21-12-18(2)13-22(28)15-20(14-21)27-26(29)23-6-5-7-24(30-3)25(23)31-4/h5-11,18,20-22H,12-16H2,1-4H3,(H,27,29). The molecule has 5 heteroatoms. The molecule has 1 amide bonds. The van der Waals surface area contributed by atoms with E-state index in [-0.39, 0.29) is 11.9 Å². The number of benzene rings is 2. The normalized spacial score (nSPS) is 25.7. The van der Waals surface area contributed by atoms with Gasteiger partial charge in [-0.2, -0.15) is 0 Å². The fourth-order valence-corrected chi connectivity index (χ4v) is 5.42. The fraction of sp³-hybridized carbons (Fsp3) is 0.500. The first-order valence-corrected chi connectivity index (χ1v) is 11.3. The second-order valence-electron chi connectivity index (χ2n) is 9.23. The van der Waals surface area contributed by atoms with Crippen molar-refractivity contribution in [3.05, 3.63) is 59.2 Å². The smallest absolute Gasteiger partial charge is 0.255 e. The Morgan fingerprint density at radius 2 is 1.68 bits per heavy atom. The van der Waals surface area contributed by atoms with Crippen molar-refractivity contribution in [2.24, 2.45) is 5.92 Å². The second kappa shape index (κ2) is 9.31. The molecule has 2 aliphatic rings. The van der Waals surface area contributed by atoms with Crippen molar-refractivity contribution >= 4 is 5.91 Å². The first-order chi connectivity index (χ1) is 15.0. The number of nitrogens with one attached hydrogen (secondary N) is 1. The third-order valence-corrected chi connectivity index (χ3v) is 6.87. The van der Waals surface area contributed by atoms with Crippen LogP contribution in [-0.2, 0) is 6.54 Å². The van der Waals surface area contributed by atoms with E-state index >= 15 is 0 Å². The van der Waals surface area contributed by atoms with Crippen molar-refractivity contribution in [1.29, 1.82) is 0 Å². The van der Waals surface area contributed by atoms with Gasteiger partial charge < -0.3 is 14.8 Å². The number of hydrogen-bond donors (Lipinski definition) is 1. The van der Waals surface area contributed by atoms with E-state index in [1.807, 2.05) is 12.1 Å². The maximum Gasteiger partial charge on any atom is 0.255 e. The monoisotopic (exact) mass is 422 g/mol. The van der Waals surface area contributed by atoms with Crippen LogP contribution in [0.15, 0.2) is 42.5 Å². The number of piperidine rings is 2. The topological polar surface area (TPSA) is 50.8 Å². The summed E-state index contributed by atoms with van der Waals surface area (Å²) in [7, 11) is 3.16. The summed E-state index contributed by atoms with van der Waals surface area (Å²) < 4.78 is 10.8. The number of amides is 1. The molecule has 5 nitrogen and oxygen atoms in total. The van der Waals surface area contributed by atoms with Gasteiger partial charge in [0.2, 0.25) is 0 Å². The van der Waals surface area contributed by atoms with Crippen LogP contribution in [0.4, 0.5) is 0 Å². The summed E-state index contributed by atoms with van der Waals surface area (Å²) in [5, 5.41) is 3.30. The minimum Gasteiger partial charge on any atom is -0.493 e. The molecular weight excluding hydrogens is 388 g/mol. The van der Waals surface area contributed by atoms with Gasteiger partial charge in [-0.25, -0.2) is 0 Å². The van der Waals surface area contributed by atoms with Crippen LogP contribution in [0.2, 0.25) is 0 Å². The molecule has 166 valence electrons. The SMILES string of the molecule is COc1cccc(C(=O)NC2CC3CC(C)CC(C2)N3Cc2ccc(C)cc2)c1OC. The molecule has 2 aromatic carbocycles. The van der Waals surface area contributed by atoms with Gasteiger partial charge >= 0.3 is 0 Å². The predicted octanol–water partition coefficient (Wildman–Crippen LogP) is 4.57. The molecule has 2 aromatic rings. The fourth-order valence-electron chi connectivity index (χ4n) is 5.42. The number of nitrogens with zero attached hydrogens (tertiary/aromatic N) is 1. The molecule has 2 saturated heterocycles. The summed E-state index contributed by atoms with van der Waals surface area (Å²) >= 11 is 0. The van der Waals surface area contributed by atoms with E-state index in [1.54, 1.807) is 20.3 Å². The van der Waals surface area contributed by atoms with Crippen molar-refractivity contribution in [2.45, 2.75) is 64.2 Å². The Balaban J connectivity index is 1.47. The molecule has 2 fully saturated rings. The Morgan fingerprint density at radius 3 is 2.29 bits per heavy atom. The van der Waals surface area contributed by atoms with Crippen LogP contribution >= 0.6 is 0 Å². The van der Waals surface area contributed by atoms with Gasteiger partial charge in [-0.3, -0.25) is 9.69 Å². The average molecular weight is 423 g/mol. The lowest BCUT2D eigenvalue weighted by Crippen LogP contribution is -2.57. The van der Waals surface area contributed by atoms with Gasteiger partial charge in [-0.1, -0.05) is 42.8 Å². The van der Waals surface area contributed by atoms with Crippen LogP contribution < -0.4 is 14.8 Å². The van der Waals surface area contributed by atoms with E-state index in [0.29, 0.717) is 29.1 Å². The van der Waals surface area contributed by atoms with Crippen molar-refractivity contribution in [3.63, 3.8) is 0 Å². The largest absolute Gasteiger partial charge is 0.493 e. The van der Waals surface area contributed by atoms with Gasteiger partial charge in [-0.05, 0) is 56.2 Å². The summed E-state index contributed by atoms with van der Waals surface area (Å²) in [4.78, 5) is 15.8. The highest BCUT2D eigenvalue weighted by atomic mass is 16.5. The highest BCUT2D eigenvalue weighted by Gasteiger charge is 2.41. The van der Waals surface area contributed by atoms with Crippen LogP contribution in [0.3, 0.4) is 0 Å². The number of para-hydroxylation sites is 1. The summed E-state index contributed by atoms with van der Waals surface area (Å²) in [5.74, 6) is 1.72. The first-order valence-electron chi connectivity index (χ1n) is 11.3. The van der Waals surface area contributed by atoms with Crippen molar-refractivity contribution in [2.75, 3.05) is 14.2 Å². The van der Waals surface area contributed by atoms with Crippen molar-refractivity contribution in [1.82, 2.24) is 10.2 Å². The Morgan fingerprint density at radius 1 is 1.00 bits per heavy atom. The highest BCUT2D eigenvalue weighted by molar-refractivity contribution is 5.98. The number of fused-ring (bicyclic) bond motifs is 2. The maximum atomic E-state index is 13.1. The van der Waals surface area contributed by atoms with E-state index in [9.17, 15) is 4.79 Å². The first kappa shape index (κ1) is 21.7. The Labute approximate surface area is 185 Å². The number of aryl methyl sites for hydroxylation is 1. The highest BCUT2D eigenvalue weighted by Crippen LogP contribution is 2.38. The van der Waals surface area contributed by atoms with E-state index in [4.69, 9.17) is 9.47 Å². The summed E-state index contributed by atoms with van der Waals surface area (Å²) in [5.41, 5.74) is 3.20. The third kappa shape index (κ3) is 4.72. The number of carbonyl (C=O) groups excluding carboxylic acids is 1. The second-order valence-corrected chi connectivity index (χ2v) is 9.23. The zero-order valence-corrected chi connectivity index (χ0v) is 19.1. The predicted molar refractivity (Wildman–Crippen MR) is 123 cm³/mol. The Kier molecular flexibility index (Phi) is 6.51. The molecule has 2 aliphatic heterocycles. The molecule has 31 heavy (non-hydrogen) atoms. The van der Waals surface area contributed by atoms with E-state index < -0.39 is 0 Å². The van der Waals surface area contributed by atoms with E-state index in [2.05, 4.69) is 48.3 Å². The third-order valence-electron chi connectivity index (χ3n) is 6.87. The number of ether oxygens (including phenoxy) is 2. The number of carbonyl (C=O) groups is 1. The Bertz CT molecular complexity index is 895. The molecule has 0 saturated carbocycles. The number of hydrogen-bond acceptors (Lipinski definition) is 4. The molecule has 0 aliphatic carbocycles. The Hall–Kier alpha value is -2.53. The average Bonchev–Trinajstić information content (AvgIpc) is 2.75. The van der Waals surface area contributed by atoms with Gasteiger partial charge in [0.15, 0.2) is 11.5 Å². The van der Waals surface area contributed by atoms with Gasteiger partial charge in [0.05, 0.1) is 19.8 Å². The van der Waals surface area contributed by atoms with E-state index in [1.165, 1.54) is 24.0 Å². The van der Waals surface area contributed by atoms with Crippen LogP contribution in [0.25, 0.3) is 0 Å². The number of rotatable bonds is 6. The molecular formula is C26H34N2O3. The van der Waals surface area contributed by atoms with Gasteiger partial charge in [0, 0.05) is 24.7 Å². The quantitative estimate of drug-likeness (QED) is 0.741. The van der Waals surface area contributed by atoms with Crippen molar-refractivity contribution in [3.8, 4) is 11.5 Å². The lowest BCUT2D eigenvalue weighted by atomic mass is 9.77. The molecule has 1 N–H and O–H groups in total. The molecule has 0 aromatic heterocycles. The van der Waals surface area contributed by atoms with Crippen LogP contribution in [0.1, 0.15) is 54.1 Å². The molecule has 2 unspecified atom stereocenters. The minimum atomic E-state index is -0.0844. The molecule has 2 heterocycles. The van der Waals surface area contributed by atoms with Crippen LogP contribution in [0.5, 0.6) is 11.5 Å². The van der Waals surface area contributed by atoms with Gasteiger partial charge in [0.25, 0.3) is 5.91 Å². The molecule has 0 spiro atoms. The lowest BCUT2D eigenvalue weighted by molar-refractivity contribution is -0.00210. The summed E-state index contributed by atoms with van der Waals surface area (Å²) in [6.07, 6.45) is 4.36. The summed E-state index contributed by atoms with van der Waals surface area (Å²) in [6.45, 7) is 5.49. The molecule has 4 rings (SSSR count). The maximum absolute atomic E-state index is 13.1. The molecule has 0 radical (unpaired) electrons. The zero-order valence-electron chi connectivity index (χ0n) is 19.1. The summed E-state index contributed by atoms with van der Waals surface area (Å²) in [6, 6.07) is 15.5. The minimum absolute atomic E-state index is 0.0844. The molecule has 2 bridgehead atoms. The lowest BCUT2D eigenvalue weighted by Gasteiger charge is -2.51. The van der Waals surface area contributed by atoms with E-state index in [0.717, 1.165) is 25.3 Å². The zero-order chi connectivity index (χ0) is 22.0. The van der Waals surface area contributed by atoms with Gasteiger partial charge in [-0.15, -0.1) is 0 Å². The van der Waals surface area contributed by atoms with Crippen molar-refractivity contribution < 1.29 is 14.3 Å². The molecule has 2 atom stereocenters. The van der Waals surface area contributed by atoms with Gasteiger partial charge in [0.1, 0.15) is 0 Å². The van der Waals surface area contributed by atoms with Crippen LogP contribution in [0, 0.1) is 12.8 Å².